The summed E-state index contributed by atoms with van der Waals surface area (Å²) < 4.78 is 11.9. The standard InChI is InChI=1S/C16H23N5O2/c1-11-19-14(13-10-18-21-15(13)20-11)17-9-12-4-2-3-5-16(8-12)22-6-7-23-16/h10,12H,2-9H2,1H3,(H2,17,18,19,20,21). The number of aryl methyl sites for hydroxylation is 1. The van der Waals surface area contributed by atoms with Gasteiger partial charge in [-0.1, -0.05) is 6.42 Å². The van der Waals surface area contributed by atoms with Crippen molar-refractivity contribution in [1.29, 1.82) is 0 Å². The normalized spacial score (nSPS) is 24.1. The van der Waals surface area contributed by atoms with Gasteiger partial charge in [0.2, 0.25) is 0 Å². The highest BCUT2D eigenvalue weighted by molar-refractivity contribution is 5.85. The van der Waals surface area contributed by atoms with E-state index in [-0.39, 0.29) is 5.79 Å². The van der Waals surface area contributed by atoms with Gasteiger partial charge in [-0.05, 0) is 25.7 Å². The zero-order chi connectivity index (χ0) is 15.7. The van der Waals surface area contributed by atoms with Gasteiger partial charge in [-0.3, -0.25) is 5.10 Å². The first-order valence-electron chi connectivity index (χ1n) is 8.44. The van der Waals surface area contributed by atoms with Crippen LogP contribution in [0, 0.1) is 12.8 Å². The second-order valence-electron chi connectivity index (χ2n) is 6.56. The Labute approximate surface area is 135 Å². The third kappa shape index (κ3) is 3.03. The quantitative estimate of drug-likeness (QED) is 0.904. The number of hydrogen-bond acceptors (Lipinski definition) is 6. The number of ether oxygens (including phenoxy) is 2. The van der Waals surface area contributed by atoms with E-state index < -0.39 is 0 Å². The molecule has 2 N–H and O–H groups in total. The lowest BCUT2D eigenvalue weighted by Gasteiger charge is -2.29. The summed E-state index contributed by atoms with van der Waals surface area (Å²) in [6.07, 6.45) is 7.34. The molecule has 1 aliphatic heterocycles. The third-order valence-corrected chi connectivity index (χ3v) is 4.81. The zero-order valence-corrected chi connectivity index (χ0v) is 13.5. The Morgan fingerprint density at radius 2 is 2.17 bits per heavy atom. The molecule has 1 spiro atoms. The molecule has 0 bridgehead atoms. The summed E-state index contributed by atoms with van der Waals surface area (Å²) in [5.74, 6) is 1.78. The van der Waals surface area contributed by atoms with Crippen molar-refractivity contribution >= 4 is 16.9 Å². The van der Waals surface area contributed by atoms with Gasteiger partial charge in [0.15, 0.2) is 11.4 Å². The molecule has 2 aromatic heterocycles. The van der Waals surface area contributed by atoms with E-state index in [0.29, 0.717) is 5.92 Å². The number of anilines is 1. The summed E-state index contributed by atoms with van der Waals surface area (Å²) >= 11 is 0. The van der Waals surface area contributed by atoms with E-state index in [2.05, 4.69) is 25.5 Å². The zero-order valence-electron chi connectivity index (χ0n) is 13.5. The van der Waals surface area contributed by atoms with Gasteiger partial charge in [-0.2, -0.15) is 5.10 Å². The van der Waals surface area contributed by atoms with Crippen molar-refractivity contribution in [1.82, 2.24) is 20.2 Å². The van der Waals surface area contributed by atoms with Gasteiger partial charge < -0.3 is 14.8 Å². The van der Waals surface area contributed by atoms with Crippen LogP contribution >= 0.6 is 0 Å². The summed E-state index contributed by atoms with van der Waals surface area (Å²) in [4.78, 5) is 8.88. The Bertz CT molecular complexity index is 680. The van der Waals surface area contributed by atoms with Crippen molar-refractivity contribution in [2.24, 2.45) is 5.92 Å². The largest absolute Gasteiger partial charge is 0.369 e. The van der Waals surface area contributed by atoms with Crippen LogP contribution in [0.2, 0.25) is 0 Å². The highest BCUT2D eigenvalue weighted by Crippen LogP contribution is 2.37. The van der Waals surface area contributed by atoms with E-state index in [0.717, 1.165) is 55.3 Å². The lowest BCUT2D eigenvalue weighted by atomic mass is 9.97. The van der Waals surface area contributed by atoms with Crippen LogP contribution < -0.4 is 5.32 Å². The maximum Gasteiger partial charge on any atom is 0.168 e. The molecule has 0 aromatic carbocycles. The minimum absolute atomic E-state index is 0.338. The Morgan fingerprint density at radius 1 is 1.30 bits per heavy atom. The lowest BCUT2D eigenvalue weighted by molar-refractivity contribution is -0.170. The molecule has 1 saturated heterocycles. The Kier molecular flexibility index (Phi) is 3.90. The topological polar surface area (TPSA) is 85.0 Å². The summed E-state index contributed by atoms with van der Waals surface area (Å²) in [6, 6.07) is 0. The second kappa shape index (κ2) is 6.05. The van der Waals surface area contributed by atoms with Gasteiger partial charge in [-0.25, -0.2) is 9.97 Å². The monoisotopic (exact) mass is 317 g/mol. The van der Waals surface area contributed by atoms with Crippen molar-refractivity contribution in [3.8, 4) is 0 Å². The van der Waals surface area contributed by atoms with Crippen LogP contribution in [0.5, 0.6) is 0 Å². The first kappa shape index (κ1) is 14.8. The number of hydrogen-bond donors (Lipinski definition) is 2. The molecule has 0 radical (unpaired) electrons. The molecule has 2 aliphatic rings. The Balaban J connectivity index is 1.48. The van der Waals surface area contributed by atoms with E-state index in [4.69, 9.17) is 9.47 Å². The molecule has 2 fully saturated rings. The van der Waals surface area contributed by atoms with E-state index in [1.165, 1.54) is 19.3 Å². The molecule has 1 saturated carbocycles. The van der Waals surface area contributed by atoms with Crippen LogP contribution in [0.1, 0.15) is 37.9 Å². The fourth-order valence-electron chi connectivity index (χ4n) is 3.73. The first-order chi connectivity index (χ1) is 11.2. The lowest BCUT2D eigenvalue weighted by Crippen LogP contribution is -2.33. The molecule has 7 nitrogen and oxygen atoms in total. The average molecular weight is 317 g/mol. The molecule has 3 heterocycles. The molecule has 1 unspecified atom stereocenters. The number of aromatic nitrogens is 4. The summed E-state index contributed by atoms with van der Waals surface area (Å²) in [7, 11) is 0. The van der Waals surface area contributed by atoms with Crippen molar-refractivity contribution in [3.05, 3.63) is 12.0 Å². The van der Waals surface area contributed by atoms with Gasteiger partial charge in [-0.15, -0.1) is 0 Å². The minimum Gasteiger partial charge on any atom is -0.369 e. The van der Waals surface area contributed by atoms with Gasteiger partial charge in [0.1, 0.15) is 11.6 Å². The number of nitrogens with zero attached hydrogens (tertiary/aromatic N) is 3. The van der Waals surface area contributed by atoms with Gasteiger partial charge in [0.05, 0.1) is 24.8 Å². The number of aromatic amines is 1. The fourth-order valence-corrected chi connectivity index (χ4v) is 3.73. The third-order valence-electron chi connectivity index (χ3n) is 4.81. The molecular formula is C16H23N5O2. The molecule has 124 valence electrons. The van der Waals surface area contributed by atoms with Crippen LogP contribution in [0.25, 0.3) is 11.0 Å². The predicted octanol–water partition coefficient (Wildman–Crippen LogP) is 2.40. The number of rotatable bonds is 3. The summed E-state index contributed by atoms with van der Waals surface area (Å²) in [5, 5.41) is 11.4. The molecule has 7 heteroatoms. The molecular weight excluding hydrogens is 294 g/mol. The SMILES string of the molecule is Cc1nc(NCC2CCCCC3(C2)OCCO3)c2cn[nH]c2n1. The van der Waals surface area contributed by atoms with Crippen molar-refractivity contribution in [2.75, 3.05) is 25.1 Å². The van der Waals surface area contributed by atoms with Gasteiger partial charge >= 0.3 is 0 Å². The van der Waals surface area contributed by atoms with Crippen LogP contribution in [0.4, 0.5) is 5.82 Å². The van der Waals surface area contributed by atoms with E-state index in [1.54, 1.807) is 6.20 Å². The smallest absolute Gasteiger partial charge is 0.168 e. The Morgan fingerprint density at radius 3 is 3.04 bits per heavy atom. The van der Waals surface area contributed by atoms with Crippen LogP contribution in [-0.4, -0.2) is 45.7 Å². The maximum absolute atomic E-state index is 5.93. The Hall–Kier alpha value is -1.73. The number of H-pyrrole nitrogens is 1. The van der Waals surface area contributed by atoms with E-state index in [9.17, 15) is 0 Å². The summed E-state index contributed by atoms with van der Waals surface area (Å²) in [5.41, 5.74) is 0.778. The first-order valence-corrected chi connectivity index (χ1v) is 8.44. The minimum atomic E-state index is -0.338. The molecule has 0 amide bonds. The highest BCUT2D eigenvalue weighted by atomic mass is 16.7. The van der Waals surface area contributed by atoms with E-state index >= 15 is 0 Å². The molecule has 2 aromatic rings. The summed E-state index contributed by atoms with van der Waals surface area (Å²) in [6.45, 7) is 4.21. The van der Waals surface area contributed by atoms with Crippen LogP contribution in [0.3, 0.4) is 0 Å². The highest BCUT2D eigenvalue weighted by Gasteiger charge is 2.39. The fraction of sp³-hybridized carbons (Fsp3) is 0.688. The van der Waals surface area contributed by atoms with Crippen LogP contribution in [-0.2, 0) is 9.47 Å². The molecule has 4 rings (SSSR count). The van der Waals surface area contributed by atoms with Gasteiger partial charge in [0, 0.05) is 19.4 Å². The molecule has 23 heavy (non-hydrogen) atoms. The van der Waals surface area contributed by atoms with Crippen molar-refractivity contribution in [2.45, 2.75) is 44.8 Å². The number of fused-ring (bicyclic) bond motifs is 1. The maximum atomic E-state index is 5.93. The van der Waals surface area contributed by atoms with Gasteiger partial charge in [0.25, 0.3) is 0 Å². The molecule has 1 atom stereocenters. The predicted molar refractivity (Wildman–Crippen MR) is 86.1 cm³/mol. The second-order valence-corrected chi connectivity index (χ2v) is 6.56. The number of nitrogens with one attached hydrogen (secondary N) is 2. The van der Waals surface area contributed by atoms with Crippen molar-refractivity contribution in [3.63, 3.8) is 0 Å². The van der Waals surface area contributed by atoms with Crippen LogP contribution in [0.15, 0.2) is 6.20 Å². The van der Waals surface area contributed by atoms with Crippen molar-refractivity contribution < 1.29 is 9.47 Å². The average Bonchev–Trinajstić information content (AvgIpc) is 3.12. The molecule has 1 aliphatic carbocycles. The van der Waals surface area contributed by atoms with E-state index in [1.807, 2.05) is 6.92 Å².